The van der Waals surface area contributed by atoms with Crippen molar-refractivity contribution in [3.8, 4) is 5.69 Å². The first-order chi connectivity index (χ1) is 12.2. The molecule has 6 rings (SSSR count). The zero-order valence-corrected chi connectivity index (χ0v) is 14.6. The van der Waals surface area contributed by atoms with Crippen LogP contribution in [0.3, 0.4) is 0 Å². The fourth-order valence-corrected chi connectivity index (χ4v) is 5.58. The number of hydrogen-bond donors (Lipinski definition) is 1. The molecule has 130 valence electrons. The highest BCUT2D eigenvalue weighted by Gasteiger charge is 2.48. The van der Waals surface area contributed by atoms with Gasteiger partial charge in [0.15, 0.2) is 5.69 Å². The predicted molar refractivity (Wildman–Crippen MR) is 94.4 cm³/mol. The highest BCUT2D eigenvalue weighted by molar-refractivity contribution is 5.92. The Hall–Kier alpha value is -2.17. The van der Waals surface area contributed by atoms with E-state index in [0.717, 1.165) is 17.5 Å². The quantitative estimate of drug-likeness (QED) is 0.937. The van der Waals surface area contributed by atoms with Gasteiger partial charge in [-0.2, -0.15) is 0 Å². The van der Waals surface area contributed by atoms with Gasteiger partial charge in [-0.1, -0.05) is 22.9 Å². The van der Waals surface area contributed by atoms with Gasteiger partial charge in [0, 0.05) is 6.04 Å². The Morgan fingerprint density at radius 1 is 1.04 bits per heavy atom. The zero-order chi connectivity index (χ0) is 17.0. The minimum Gasteiger partial charge on any atom is -0.347 e. The zero-order valence-electron chi connectivity index (χ0n) is 14.6. The molecule has 1 heterocycles. The minimum atomic E-state index is -0.0733. The second-order valence-corrected chi connectivity index (χ2v) is 8.31. The third kappa shape index (κ3) is 2.66. The molecule has 4 aliphatic carbocycles. The van der Waals surface area contributed by atoms with E-state index in [0.29, 0.717) is 23.6 Å². The van der Waals surface area contributed by atoms with Gasteiger partial charge in [0.05, 0.1) is 11.9 Å². The number of aryl methyl sites for hydroxylation is 1. The summed E-state index contributed by atoms with van der Waals surface area (Å²) in [6, 6.07) is 8.38. The monoisotopic (exact) mass is 336 g/mol. The number of nitrogens with one attached hydrogen (secondary N) is 1. The molecule has 4 bridgehead atoms. The van der Waals surface area contributed by atoms with Gasteiger partial charge in [0.2, 0.25) is 0 Å². The summed E-state index contributed by atoms with van der Waals surface area (Å²) in [4.78, 5) is 12.7. The van der Waals surface area contributed by atoms with Gasteiger partial charge < -0.3 is 5.32 Å². The van der Waals surface area contributed by atoms with E-state index in [1.54, 1.807) is 10.9 Å². The van der Waals surface area contributed by atoms with Crippen LogP contribution in [0.2, 0.25) is 0 Å². The normalized spacial score (nSPS) is 32.8. The van der Waals surface area contributed by atoms with E-state index in [9.17, 15) is 4.79 Å². The number of nitrogens with zero attached hydrogens (tertiary/aromatic N) is 3. The molecular formula is C20H24N4O. The van der Waals surface area contributed by atoms with Crippen molar-refractivity contribution < 1.29 is 4.79 Å². The number of amides is 1. The molecule has 2 aromatic rings. The molecule has 25 heavy (non-hydrogen) atoms. The number of hydrogen-bond acceptors (Lipinski definition) is 3. The van der Waals surface area contributed by atoms with E-state index in [1.807, 2.05) is 24.3 Å². The Kier molecular flexibility index (Phi) is 3.43. The number of aromatic nitrogens is 3. The van der Waals surface area contributed by atoms with Crippen LogP contribution < -0.4 is 5.32 Å². The third-order valence-corrected chi connectivity index (χ3v) is 6.55. The lowest BCUT2D eigenvalue weighted by Crippen LogP contribution is -2.55. The maximum Gasteiger partial charge on any atom is 0.273 e. The molecule has 0 saturated heterocycles. The molecule has 1 aromatic carbocycles. The lowest BCUT2D eigenvalue weighted by molar-refractivity contribution is -0.0120. The van der Waals surface area contributed by atoms with Crippen molar-refractivity contribution in [2.75, 3.05) is 0 Å². The van der Waals surface area contributed by atoms with Crippen molar-refractivity contribution in [3.63, 3.8) is 0 Å². The second kappa shape index (κ2) is 5.68. The van der Waals surface area contributed by atoms with Crippen LogP contribution in [-0.2, 0) is 0 Å². The van der Waals surface area contributed by atoms with E-state index in [2.05, 4.69) is 22.6 Å². The lowest BCUT2D eigenvalue weighted by Gasteiger charge is -2.54. The van der Waals surface area contributed by atoms with Crippen LogP contribution in [-0.4, -0.2) is 26.9 Å². The number of rotatable bonds is 3. The van der Waals surface area contributed by atoms with Crippen molar-refractivity contribution in [2.24, 2.45) is 23.7 Å². The Labute approximate surface area is 147 Å². The molecule has 0 atom stereocenters. The van der Waals surface area contributed by atoms with Crippen molar-refractivity contribution in [1.82, 2.24) is 20.3 Å². The molecule has 4 aliphatic rings. The molecule has 1 N–H and O–H groups in total. The molecular weight excluding hydrogens is 312 g/mol. The summed E-state index contributed by atoms with van der Waals surface area (Å²) in [7, 11) is 0. The van der Waals surface area contributed by atoms with E-state index in [-0.39, 0.29) is 5.91 Å². The minimum absolute atomic E-state index is 0.0733. The number of carbonyl (C=O) groups is 1. The first kappa shape index (κ1) is 15.1. The Balaban J connectivity index is 1.31. The summed E-state index contributed by atoms with van der Waals surface area (Å²) in [5, 5.41) is 11.5. The first-order valence-corrected chi connectivity index (χ1v) is 9.46. The molecule has 4 fully saturated rings. The highest BCUT2D eigenvalue weighted by Crippen LogP contribution is 2.53. The van der Waals surface area contributed by atoms with Crippen LogP contribution >= 0.6 is 0 Å². The maximum absolute atomic E-state index is 12.7. The van der Waals surface area contributed by atoms with E-state index in [1.165, 1.54) is 37.7 Å². The molecule has 0 aliphatic heterocycles. The van der Waals surface area contributed by atoms with E-state index in [4.69, 9.17) is 0 Å². The topological polar surface area (TPSA) is 59.8 Å². The molecule has 0 unspecified atom stereocenters. The SMILES string of the molecule is Cc1ccc(-n2cc(C(=O)NC3C4CC5CC(C4)CC3C5)nn2)cc1. The van der Waals surface area contributed by atoms with Crippen molar-refractivity contribution in [2.45, 2.75) is 45.1 Å². The van der Waals surface area contributed by atoms with Crippen LogP contribution in [0.4, 0.5) is 0 Å². The largest absolute Gasteiger partial charge is 0.347 e. The van der Waals surface area contributed by atoms with Gasteiger partial charge in [-0.05, 0) is 74.8 Å². The Bertz CT molecular complexity index is 766. The van der Waals surface area contributed by atoms with Gasteiger partial charge in [-0.15, -0.1) is 5.10 Å². The third-order valence-electron chi connectivity index (χ3n) is 6.55. The summed E-state index contributed by atoms with van der Waals surface area (Å²) in [6.07, 6.45) is 8.36. The summed E-state index contributed by atoms with van der Waals surface area (Å²) in [5.74, 6) is 3.10. The van der Waals surface area contributed by atoms with Crippen LogP contribution in [0.1, 0.15) is 48.2 Å². The lowest BCUT2D eigenvalue weighted by atomic mass is 9.54. The Morgan fingerprint density at radius 3 is 2.32 bits per heavy atom. The summed E-state index contributed by atoms with van der Waals surface area (Å²) >= 11 is 0. The van der Waals surface area contributed by atoms with Gasteiger partial charge in [0.1, 0.15) is 0 Å². The molecule has 1 amide bonds. The van der Waals surface area contributed by atoms with Gasteiger partial charge in [0.25, 0.3) is 5.91 Å². The summed E-state index contributed by atoms with van der Waals surface area (Å²) in [6.45, 7) is 2.05. The van der Waals surface area contributed by atoms with Gasteiger partial charge in [-0.25, -0.2) is 4.68 Å². The van der Waals surface area contributed by atoms with Crippen LogP contribution in [0, 0.1) is 30.6 Å². The van der Waals surface area contributed by atoms with Crippen molar-refractivity contribution in [3.05, 3.63) is 41.7 Å². The van der Waals surface area contributed by atoms with E-state index >= 15 is 0 Å². The maximum atomic E-state index is 12.7. The van der Waals surface area contributed by atoms with Crippen LogP contribution in [0.15, 0.2) is 30.5 Å². The smallest absolute Gasteiger partial charge is 0.273 e. The molecule has 0 radical (unpaired) electrons. The average Bonchev–Trinajstić information content (AvgIpc) is 3.08. The second-order valence-electron chi connectivity index (χ2n) is 8.31. The van der Waals surface area contributed by atoms with Crippen LogP contribution in [0.25, 0.3) is 5.69 Å². The fourth-order valence-electron chi connectivity index (χ4n) is 5.58. The number of benzene rings is 1. The molecule has 0 spiro atoms. The van der Waals surface area contributed by atoms with Crippen molar-refractivity contribution in [1.29, 1.82) is 0 Å². The summed E-state index contributed by atoms with van der Waals surface area (Å²) < 4.78 is 1.67. The fraction of sp³-hybridized carbons (Fsp3) is 0.550. The molecule has 5 heteroatoms. The first-order valence-electron chi connectivity index (χ1n) is 9.46. The predicted octanol–water partition coefficient (Wildman–Crippen LogP) is 3.13. The van der Waals surface area contributed by atoms with Crippen LogP contribution in [0.5, 0.6) is 0 Å². The average molecular weight is 336 g/mol. The Morgan fingerprint density at radius 2 is 1.68 bits per heavy atom. The van der Waals surface area contributed by atoms with Gasteiger partial charge in [-0.3, -0.25) is 4.79 Å². The molecule has 1 aromatic heterocycles. The van der Waals surface area contributed by atoms with E-state index < -0.39 is 0 Å². The number of carbonyl (C=O) groups excluding carboxylic acids is 1. The highest BCUT2D eigenvalue weighted by atomic mass is 16.2. The summed E-state index contributed by atoms with van der Waals surface area (Å²) in [5.41, 5.74) is 2.53. The van der Waals surface area contributed by atoms with Gasteiger partial charge >= 0.3 is 0 Å². The molecule has 4 saturated carbocycles. The molecule has 5 nitrogen and oxygen atoms in total. The van der Waals surface area contributed by atoms with Crippen molar-refractivity contribution >= 4 is 5.91 Å². The standard InChI is InChI=1S/C20H24N4O/c1-12-2-4-17(5-3-12)24-11-18(22-23-24)20(25)21-19-15-7-13-6-14(9-15)10-16(19)8-13/h2-5,11,13-16,19H,6-10H2,1H3,(H,21,25).